The zero-order valence-corrected chi connectivity index (χ0v) is 62.2. The zero-order chi connectivity index (χ0) is 64.6. The first kappa shape index (κ1) is 83.6. The summed E-state index contributed by atoms with van der Waals surface area (Å²) in [6, 6.07) is 8.95. The lowest BCUT2D eigenvalue weighted by molar-refractivity contribution is -0.131. The zero-order valence-electron chi connectivity index (χ0n) is 56.7. The van der Waals surface area contributed by atoms with Crippen LogP contribution in [-0.2, 0) is 49.6 Å². The normalized spacial score (nSPS) is 11.5. The van der Waals surface area contributed by atoms with Crippen molar-refractivity contribution in [3.05, 3.63) is 48.0 Å². The van der Waals surface area contributed by atoms with Gasteiger partial charge in [-0.3, -0.25) is 19.2 Å². The molecule has 0 aliphatic rings. The van der Waals surface area contributed by atoms with E-state index >= 15 is 0 Å². The summed E-state index contributed by atoms with van der Waals surface area (Å²) in [5.41, 5.74) is 2.62. The first-order valence-electron chi connectivity index (χ1n) is 34.5. The first-order chi connectivity index (χ1) is 43.7. The Labute approximate surface area is 574 Å². The summed E-state index contributed by atoms with van der Waals surface area (Å²) in [6.07, 6.45) is 20.2. The molecule has 0 saturated heterocycles. The molecule has 12 nitrogen and oxygen atoms in total. The highest BCUT2D eigenvalue weighted by Crippen LogP contribution is 2.20. The number of rotatable bonds is 68. The summed E-state index contributed by atoms with van der Waals surface area (Å²) in [5, 5.41) is 0. The van der Waals surface area contributed by atoms with Gasteiger partial charge in [-0.15, -0.1) is 6.58 Å². The fraction of sp³-hybridized carbons (Fsp3) is 0.824. The summed E-state index contributed by atoms with van der Waals surface area (Å²) < 4.78 is 30.2. The number of amides is 4. The lowest BCUT2D eigenvalue weighted by Gasteiger charge is -2.22. The van der Waals surface area contributed by atoms with Crippen LogP contribution in [0.25, 0.3) is 0 Å². The number of hydrogen-bond donors (Lipinski definition) is 0. The average Bonchev–Trinajstić information content (AvgIpc) is 3.56. The molecule has 0 saturated carbocycles. The molecule has 0 radical (unpaired) electrons. The second kappa shape index (κ2) is 66.5. The maximum atomic E-state index is 13.3. The lowest BCUT2D eigenvalue weighted by atomic mass is 10.2. The van der Waals surface area contributed by atoms with Gasteiger partial charge in [0.15, 0.2) is 0 Å². The van der Waals surface area contributed by atoms with E-state index in [1.165, 1.54) is 24.0 Å². The van der Waals surface area contributed by atoms with Crippen molar-refractivity contribution in [3.63, 3.8) is 0 Å². The van der Waals surface area contributed by atoms with Crippen LogP contribution in [0.3, 0.4) is 0 Å². The summed E-state index contributed by atoms with van der Waals surface area (Å²) in [4.78, 5) is 60.3. The van der Waals surface area contributed by atoms with Gasteiger partial charge in [-0.2, -0.15) is 94.1 Å². The van der Waals surface area contributed by atoms with Crippen LogP contribution < -0.4 is 0 Å². The van der Waals surface area contributed by atoms with Crippen molar-refractivity contribution in [2.75, 3.05) is 186 Å². The molecule has 0 aliphatic heterocycles. The van der Waals surface area contributed by atoms with Crippen LogP contribution in [0.4, 0.5) is 0 Å². The molecular weight excluding hydrogens is 1260 g/mol. The number of ether oxygens (including phenoxy) is 4. The second-order valence-electron chi connectivity index (χ2n) is 21.7. The highest BCUT2D eigenvalue weighted by atomic mass is 32.2. The molecule has 88 heavy (non-hydrogen) atoms. The minimum absolute atomic E-state index is 0.251. The molecule has 0 heterocycles. The van der Waals surface area contributed by atoms with Crippen LogP contribution in [0.2, 0.25) is 0 Å². The van der Waals surface area contributed by atoms with Gasteiger partial charge < -0.3 is 38.5 Å². The number of carbonyl (C=O) groups is 4. The van der Waals surface area contributed by atoms with Gasteiger partial charge in [0.25, 0.3) is 0 Å². The van der Waals surface area contributed by atoms with Crippen LogP contribution in [0.1, 0.15) is 169 Å². The van der Waals surface area contributed by atoms with Gasteiger partial charge in [-0.05, 0) is 110 Å². The maximum absolute atomic E-state index is 13.3. The van der Waals surface area contributed by atoms with Crippen molar-refractivity contribution >= 4 is 118 Å². The number of nitrogens with zero attached hydrogens (tertiary/aromatic N) is 4. The monoisotopic (exact) mass is 1380 g/mol. The van der Waals surface area contributed by atoms with E-state index in [1.807, 2.05) is 81.5 Å². The van der Waals surface area contributed by atoms with Crippen LogP contribution in [0, 0.1) is 0 Å². The molecule has 0 unspecified atom stereocenters. The predicted octanol–water partition coefficient (Wildman–Crippen LogP) is 15.6. The van der Waals surface area contributed by atoms with E-state index in [2.05, 4.69) is 73.2 Å². The van der Waals surface area contributed by atoms with E-state index in [0.29, 0.717) is 85.4 Å². The molecule has 1 aromatic carbocycles. The van der Waals surface area contributed by atoms with Gasteiger partial charge in [0.05, 0.1) is 52.9 Å². The van der Waals surface area contributed by atoms with Crippen LogP contribution in [0.5, 0.6) is 0 Å². The van der Waals surface area contributed by atoms with Crippen molar-refractivity contribution < 1.29 is 39.5 Å². The van der Waals surface area contributed by atoms with Crippen molar-refractivity contribution in [3.8, 4) is 0 Å². The Hall–Kier alpha value is -0.520. The summed E-state index contributed by atoms with van der Waals surface area (Å²) >= 11 is 15.0. The topological polar surface area (TPSA) is 118 Å². The molecule has 512 valence electrons. The molecule has 1 rings (SSSR count). The molecule has 0 atom stereocenters. The van der Waals surface area contributed by atoms with Crippen molar-refractivity contribution in [2.45, 2.75) is 168 Å². The van der Waals surface area contributed by atoms with E-state index in [-0.39, 0.29) is 23.6 Å². The Morgan fingerprint density at radius 1 is 0.364 bits per heavy atom. The van der Waals surface area contributed by atoms with Gasteiger partial charge in [-0.1, -0.05) is 97.0 Å². The van der Waals surface area contributed by atoms with E-state index in [0.717, 1.165) is 228 Å². The van der Waals surface area contributed by atoms with Crippen molar-refractivity contribution in [2.24, 2.45) is 0 Å². The Balaban J connectivity index is 2.11. The third-order valence-electron chi connectivity index (χ3n) is 14.0. The number of carbonyl (C=O) groups excluding carboxylic acids is 4. The Kier molecular flexibility index (Phi) is 63.2. The van der Waals surface area contributed by atoms with Gasteiger partial charge in [0, 0.05) is 137 Å². The van der Waals surface area contributed by atoms with Gasteiger partial charge in [0.2, 0.25) is 23.6 Å². The molecule has 0 bridgehead atoms. The minimum atomic E-state index is 0.251. The van der Waals surface area contributed by atoms with E-state index in [1.54, 1.807) is 23.5 Å². The standard InChI is InChI=1S/C68H124N4O8S8/c1-7-13-32-69(31-12-6)65(73)27-53-82-49-19-18-48-81-50-20-36-70(33-14-8-2)66(74)28-54-85-59-46-80-42-40-78-44-58-84-51-21-37-71(34-15-9-3)68(76)30-56-88-62-64-25-23-63(24-26-64)61-87-52-22-38-72(35-16-10-4)67(75)29-55-86-60-45-79-41-39-77-43-57-83-47-17-11-5/h12,23-26H,6-11,13-22,27-62H2,1-5H3/i5D. The van der Waals surface area contributed by atoms with Gasteiger partial charge in [-0.25, -0.2) is 0 Å². The molecule has 0 aromatic heterocycles. The molecular formula is C68H124N4O8S8. The third kappa shape index (κ3) is 52.8. The summed E-state index contributed by atoms with van der Waals surface area (Å²) in [7, 11) is 0. The fourth-order valence-corrected chi connectivity index (χ4v) is 15.6. The highest BCUT2D eigenvalue weighted by molar-refractivity contribution is 8.00. The van der Waals surface area contributed by atoms with Crippen LogP contribution >= 0.6 is 94.1 Å². The van der Waals surface area contributed by atoms with Gasteiger partial charge >= 0.3 is 0 Å². The smallest absolute Gasteiger partial charge is 0.223 e. The quantitative estimate of drug-likeness (QED) is 0.0454. The lowest BCUT2D eigenvalue weighted by Crippen LogP contribution is -2.33. The second-order valence-corrected chi connectivity index (χ2v) is 31.3. The molecule has 1 aromatic rings. The third-order valence-corrected chi connectivity index (χ3v) is 22.4. The first-order valence-corrected chi connectivity index (χ1v) is 43.0. The fourth-order valence-electron chi connectivity index (χ4n) is 8.75. The molecule has 4 amide bonds. The van der Waals surface area contributed by atoms with Gasteiger partial charge in [0.1, 0.15) is 0 Å². The Bertz CT molecular complexity index is 1790. The largest absolute Gasteiger partial charge is 0.378 e. The number of unbranched alkanes of at least 4 members (excludes halogenated alkanes) is 6. The molecule has 0 aliphatic carbocycles. The SMILES string of the molecule is [2H]CCCCSCCOCCOCCSCCC(=O)N(CCCC)CCCSCc1ccc(CSCCC(=O)N(CCCC)CCCSCCOCCOCCSCCC(=O)N(CCCC)CCCSCCCCSCCC(=O)N(CC=C)CCCC)cc1. The average molecular weight is 1380 g/mol. The molecule has 0 spiro atoms. The van der Waals surface area contributed by atoms with Crippen molar-refractivity contribution in [1.82, 2.24) is 19.6 Å². The molecule has 0 N–H and O–H groups in total. The van der Waals surface area contributed by atoms with E-state index in [9.17, 15) is 19.2 Å². The van der Waals surface area contributed by atoms with E-state index < -0.39 is 0 Å². The minimum Gasteiger partial charge on any atom is -0.378 e. The van der Waals surface area contributed by atoms with E-state index in [4.69, 9.17) is 20.3 Å². The number of thioether (sulfide) groups is 8. The Morgan fingerprint density at radius 3 is 1.02 bits per heavy atom. The highest BCUT2D eigenvalue weighted by Gasteiger charge is 2.16. The maximum Gasteiger partial charge on any atom is 0.223 e. The predicted molar refractivity (Wildman–Crippen MR) is 399 cm³/mol. The number of benzene rings is 1. The summed E-state index contributed by atoms with van der Waals surface area (Å²) in [5.74, 6) is 16.6. The number of hydrogen-bond acceptors (Lipinski definition) is 16. The summed E-state index contributed by atoms with van der Waals surface area (Å²) in [6.45, 7) is 24.8. The van der Waals surface area contributed by atoms with Crippen LogP contribution in [-0.4, -0.2) is 229 Å². The Morgan fingerprint density at radius 2 is 0.648 bits per heavy atom. The van der Waals surface area contributed by atoms with Crippen LogP contribution in [0.15, 0.2) is 36.9 Å². The molecule has 20 heteroatoms. The van der Waals surface area contributed by atoms with Crippen molar-refractivity contribution in [1.29, 1.82) is 0 Å². The molecule has 0 fully saturated rings.